The number of fused-ring (bicyclic) bond motifs is 5. The molecule has 0 N–H and O–H groups in total. The van der Waals surface area contributed by atoms with Gasteiger partial charge in [-0.05, 0) is 74.6 Å². The average Bonchev–Trinajstić information content (AvgIpc) is 3.48. The Labute approximate surface area is 266 Å². The van der Waals surface area contributed by atoms with Gasteiger partial charge in [-0.3, -0.25) is 4.90 Å². The number of furan rings is 1. The first-order valence-corrected chi connectivity index (χ1v) is 15.5. The van der Waals surface area contributed by atoms with Crippen LogP contribution in [0.25, 0.3) is 65.7 Å². The molecular formula is C43H28N2O. The van der Waals surface area contributed by atoms with Crippen LogP contribution in [0.2, 0.25) is 0 Å². The Kier molecular flexibility index (Phi) is 6.14. The molecule has 0 aliphatic rings. The third-order valence-corrected chi connectivity index (χ3v) is 8.90. The van der Waals surface area contributed by atoms with Gasteiger partial charge in [0.05, 0.1) is 11.9 Å². The summed E-state index contributed by atoms with van der Waals surface area (Å²) < 4.78 is 6.32. The third kappa shape index (κ3) is 4.41. The second-order valence-corrected chi connectivity index (χ2v) is 11.6. The zero-order valence-electron chi connectivity index (χ0n) is 25.0. The Morgan fingerprint density at radius 3 is 1.91 bits per heavy atom. The lowest BCUT2D eigenvalue weighted by atomic mass is 9.98. The van der Waals surface area contributed by atoms with Crippen LogP contribution >= 0.6 is 0 Å². The molecule has 9 rings (SSSR count). The summed E-state index contributed by atoms with van der Waals surface area (Å²) in [4.78, 5) is 7.27. The van der Waals surface area contributed by atoms with Gasteiger partial charge < -0.3 is 4.42 Å². The molecule has 216 valence electrons. The summed E-state index contributed by atoms with van der Waals surface area (Å²) in [6.45, 7) is 0. The van der Waals surface area contributed by atoms with Crippen molar-refractivity contribution < 1.29 is 4.42 Å². The highest BCUT2D eigenvalue weighted by Crippen LogP contribution is 2.42. The van der Waals surface area contributed by atoms with E-state index in [9.17, 15) is 0 Å². The fraction of sp³-hybridized carbons (Fsp3) is 0. The lowest BCUT2D eigenvalue weighted by molar-refractivity contribution is 0.667. The second kappa shape index (κ2) is 10.8. The van der Waals surface area contributed by atoms with Crippen LogP contribution in [-0.2, 0) is 0 Å². The molecule has 0 saturated heterocycles. The van der Waals surface area contributed by atoms with Crippen LogP contribution in [-0.4, -0.2) is 4.98 Å². The van der Waals surface area contributed by atoms with Gasteiger partial charge >= 0.3 is 0 Å². The maximum Gasteiger partial charge on any atom is 0.153 e. The number of nitrogens with zero attached hydrogens (tertiary/aromatic N) is 2. The highest BCUT2D eigenvalue weighted by molar-refractivity contribution is 6.11. The molecule has 0 atom stereocenters. The molecule has 46 heavy (non-hydrogen) atoms. The van der Waals surface area contributed by atoms with Gasteiger partial charge in [-0.2, -0.15) is 0 Å². The SMILES string of the molecule is c1ccc(-c2ccccc2N(c2ccc(-c3cccc4ccccc34)cc2)c2cc3c(cn2)oc2cc4ccccc4cc23)cc1. The molecule has 0 bridgehead atoms. The molecule has 0 saturated carbocycles. The van der Waals surface area contributed by atoms with E-state index < -0.39 is 0 Å². The van der Waals surface area contributed by atoms with E-state index in [2.05, 4.69) is 169 Å². The van der Waals surface area contributed by atoms with Crippen molar-refractivity contribution in [2.45, 2.75) is 0 Å². The predicted octanol–water partition coefficient (Wildman–Crippen LogP) is 12.1. The fourth-order valence-corrected chi connectivity index (χ4v) is 6.67. The zero-order chi connectivity index (χ0) is 30.5. The number of pyridine rings is 1. The molecule has 3 heteroatoms. The van der Waals surface area contributed by atoms with E-state index >= 15 is 0 Å². The maximum absolute atomic E-state index is 6.32. The van der Waals surface area contributed by atoms with Gasteiger partial charge in [0, 0.05) is 22.0 Å². The molecule has 0 unspecified atom stereocenters. The molecule has 9 aromatic rings. The minimum Gasteiger partial charge on any atom is -0.454 e. The van der Waals surface area contributed by atoms with Crippen molar-refractivity contribution in [1.82, 2.24) is 4.98 Å². The number of aromatic nitrogens is 1. The first-order chi connectivity index (χ1) is 22.8. The van der Waals surface area contributed by atoms with E-state index in [4.69, 9.17) is 9.40 Å². The lowest BCUT2D eigenvalue weighted by Gasteiger charge is -2.27. The van der Waals surface area contributed by atoms with Crippen molar-refractivity contribution >= 4 is 60.7 Å². The van der Waals surface area contributed by atoms with Crippen molar-refractivity contribution in [3.05, 3.63) is 170 Å². The summed E-state index contributed by atoms with van der Waals surface area (Å²) in [7, 11) is 0. The largest absolute Gasteiger partial charge is 0.454 e. The molecule has 7 aromatic carbocycles. The molecule has 2 heterocycles. The number of hydrogen-bond acceptors (Lipinski definition) is 3. The second-order valence-electron chi connectivity index (χ2n) is 11.6. The molecule has 0 radical (unpaired) electrons. The molecule has 0 aliphatic heterocycles. The standard InChI is InChI=1S/C43H28N2O/c1-2-11-30(12-3-1)37-18-8-9-20-40(37)45(34-23-21-31(22-24-34)36-19-10-16-29-13-6-7-17-35(29)36)43-27-39-38-25-32-14-4-5-15-33(32)26-41(38)46-42(39)28-44-43/h1-28H. The van der Waals surface area contributed by atoms with Crippen LogP contribution in [0.1, 0.15) is 0 Å². The number of benzene rings is 7. The van der Waals surface area contributed by atoms with Gasteiger partial charge in [-0.1, -0.05) is 127 Å². The van der Waals surface area contributed by atoms with Gasteiger partial charge in [0.25, 0.3) is 0 Å². The van der Waals surface area contributed by atoms with Crippen molar-refractivity contribution in [3.8, 4) is 22.3 Å². The minimum absolute atomic E-state index is 0.775. The van der Waals surface area contributed by atoms with Gasteiger partial charge in [0.15, 0.2) is 5.58 Å². The Hall–Kier alpha value is -6.19. The number of anilines is 3. The number of rotatable bonds is 5. The quantitative estimate of drug-likeness (QED) is 0.200. The Bertz CT molecular complexity index is 2530. The number of hydrogen-bond donors (Lipinski definition) is 0. The lowest BCUT2D eigenvalue weighted by Crippen LogP contribution is -2.12. The van der Waals surface area contributed by atoms with Crippen molar-refractivity contribution in [2.24, 2.45) is 0 Å². The summed E-state index contributed by atoms with van der Waals surface area (Å²) in [6, 6.07) is 57.9. The molecule has 2 aromatic heterocycles. The summed E-state index contributed by atoms with van der Waals surface area (Å²) in [5, 5.41) is 6.95. The first-order valence-electron chi connectivity index (χ1n) is 15.5. The monoisotopic (exact) mass is 588 g/mol. The highest BCUT2D eigenvalue weighted by Gasteiger charge is 2.20. The smallest absolute Gasteiger partial charge is 0.153 e. The first kappa shape index (κ1) is 26.2. The Balaban J connectivity index is 1.24. The summed E-state index contributed by atoms with van der Waals surface area (Å²) in [5.74, 6) is 0.824. The molecule has 3 nitrogen and oxygen atoms in total. The van der Waals surface area contributed by atoms with Gasteiger partial charge in [-0.15, -0.1) is 0 Å². The molecule has 0 fully saturated rings. The Morgan fingerprint density at radius 1 is 0.435 bits per heavy atom. The summed E-state index contributed by atoms with van der Waals surface area (Å²) in [5.41, 5.74) is 8.39. The topological polar surface area (TPSA) is 29.3 Å². The van der Waals surface area contributed by atoms with Crippen molar-refractivity contribution in [2.75, 3.05) is 4.90 Å². The van der Waals surface area contributed by atoms with E-state index in [1.165, 1.54) is 27.3 Å². The highest BCUT2D eigenvalue weighted by atomic mass is 16.3. The van der Waals surface area contributed by atoms with E-state index in [0.29, 0.717) is 0 Å². The maximum atomic E-state index is 6.32. The van der Waals surface area contributed by atoms with Crippen molar-refractivity contribution in [3.63, 3.8) is 0 Å². The van der Waals surface area contributed by atoms with Crippen LogP contribution in [0.5, 0.6) is 0 Å². The normalized spacial score (nSPS) is 11.5. The van der Waals surface area contributed by atoms with Gasteiger partial charge in [0.2, 0.25) is 0 Å². The van der Waals surface area contributed by atoms with E-state index in [0.717, 1.165) is 55.6 Å². The van der Waals surface area contributed by atoms with Crippen LogP contribution in [0.4, 0.5) is 17.2 Å². The molecule has 0 amide bonds. The van der Waals surface area contributed by atoms with Gasteiger partial charge in [0.1, 0.15) is 11.4 Å². The zero-order valence-corrected chi connectivity index (χ0v) is 25.0. The van der Waals surface area contributed by atoms with E-state index in [1.54, 1.807) is 0 Å². The number of para-hydroxylation sites is 1. The summed E-state index contributed by atoms with van der Waals surface area (Å²) in [6.07, 6.45) is 1.86. The van der Waals surface area contributed by atoms with Crippen LogP contribution in [0, 0.1) is 0 Å². The fourth-order valence-electron chi connectivity index (χ4n) is 6.67. The third-order valence-electron chi connectivity index (χ3n) is 8.90. The van der Waals surface area contributed by atoms with Crippen LogP contribution < -0.4 is 4.90 Å². The summed E-state index contributed by atoms with van der Waals surface area (Å²) >= 11 is 0. The predicted molar refractivity (Wildman–Crippen MR) is 192 cm³/mol. The van der Waals surface area contributed by atoms with Gasteiger partial charge in [-0.25, -0.2) is 4.98 Å². The average molecular weight is 589 g/mol. The van der Waals surface area contributed by atoms with E-state index in [1.807, 2.05) is 6.20 Å². The molecule has 0 aliphatic carbocycles. The van der Waals surface area contributed by atoms with Crippen LogP contribution in [0.15, 0.2) is 174 Å². The van der Waals surface area contributed by atoms with Crippen LogP contribution in [0.3, 0.4) is 0 Å². The Morgan fingerprint density at radius 2 is 1.07 bits per heavy atom. The molecular weight excluding hydrogens is 560 g/mol. The minimum atomic E-state index is 0.775. The van der Waals surface area contributed by atoms with E-state index in [-0.39, 0.29) is 0 Å². The van der Waals surface area contributed by atoms with Crippen molar-refractivity contribution in [1.29, 1.82) is 0 Å². The molecule has 0 spiro atoms.